The van der Waals surface area contributed by atoms with Gasteiger partial charge in [-0.25, -0.2) is 4.98 Å². The van der Waals surface area contributed by atoms with E-state index in [1.165, 1.54) is 23.7 Å². The standard InChI is InChI=1S/C20H23N3O2/c1-2-18-17(8-12-23(18)14-15-4-5-15)19(3-1)25-16-6-10-22(11-7-16)20-21-9-13-24-20/h1-3,8-9,12-13,15-16H,4-7,10-11,14H2. The summed E-state index contributed by atoms with van der Waals surface area (Å²) < 4.78 is 14.2. The Labute approximate surface area is 147 Å². The number of piperidine rings is 1. The van der Waals surface area contributed by atoms with Crippen molar-refractivity contribution in [2.24, 2.45) is 5.92 Å². The maximum Gasteiger partial charge on any atom is 0.297 e. The van der Waals surface area contributed by atoms with Crippen molar-refractivity contribution in [3.8, 4) is 5.75 Å². The molecule has 1 aliphatic heterocycles. The third-order valence-corrected chi connectivity index (χ3v) is 5.35. The van der Waals surface area contributed by atoms with Crippen LogP contribution in [-0.4, -0.2) is 28.7 Å². The van der Waals surface area contributed by atoms with E-state index >= 15 is 0 Å². The first-order valence-corrected chi connectivity index (χ1v) is 9.26. The van der Waals surface area contributed by atoms with Crippen molar-refractivity contribution < 1.29 is 9.15 Å². The van der Waals surface area contributed by atoms with Gasteiger partial charge < -0.3 is 18.6 Å². The molecule has 130 valence electrons. The van der Waals surface area contributed by atoms with E-state index < -0.39 is 0 Å². The van der Waals surface area contributed by atoms with Crippen molar-refractivity contribution >= 4 is 16.9 Å². The van der Waals surface area contributed by atoms with E-state index in [0.717, 1.165) is 50.2 Å². The van der Waals surface area contributed by atoms with Crippen LogP contribution < -0.4 is 9.64 Å². The van der Waals surface area contributed by atoms with Crippen LogP contribution in [0, 0.1) is 5.92 Å². The predicted molar refractivity (Wildman–Crippen MR) is 97.0 cm³/mol. The summed E-state index contributed by atoms with van der Waals surface area (Å²) in [6.07, 6.45) is 10.5. The smallest absolute Gasteiger partial charge is 0.297 e. The summed E-state index contributed by atoms with van der Waals surface area (Å²) in [5.41, 5.74) is 1.29. The molecule has 2 aromatic heterocycles. The van der Waals surface area contributed by atoms with E-state index in [2.05, 4.69) is 44.9 Å². The maximum atomic E-state index is 6.38. The molecule has 2 fully saturated rings. The number of fused-ring (bicyclic) bond motifs is 1. The predicted octanol–water partition coefficient (Wildman–Crippen LogP) is 4.09. The van der Waals surface area contributed by atoms with E-state index in [-0.39, 0.29) is 6.10 Å². The number of aromatic nitrogens is 2. The van der Waals surface area contributed by atoms with Crippen LogP contribution in [0.3, 0.4) is 0 Å². The van der Waals surface area contributed by atoms with Gasteiger partial charge in [0.2, 0.25) is 0 Å². The average molecular weight is 337 g/mol. The third-order valence-electron chi connectivity index (χ3n) is 5.35. The highest BCUT2D eigenvalue weighted by Crippen LogP contribution is 2.34. The number of anilines is 1. The van der Waals surface area contributed by atoms with Gasteiger partial charge in [-0.2, -0.15) is 0 Å². The van der Waals surface area contributed by atoms with Gasteiger partial charge in [-0.1, -0.05) is 6.07 Å². The number of rotatable bonds is 5. The van der Waals surface area contributed by atoms with Crippen LogP contribution in [0.1, 0.15) is 25.7 Å². The van der Waals surface area contributed by atoms with E-state index in [0.29, 0.717) is 0 Å². The van der Waals surface area contributed by atoms with Crippen LogP contribution in [-0.2, 0) is 6.54 Å². The van der Waals surface area contributed by atoms with Crippen molar-refractivity contribution in [3.05, 3.63) is 42.9 Å². The Morgan fingerprint density at radius 3 is 2.76 bits per heavy atom. The first kappa shape index (κ1) is 14.9. The molecule has 2 aliphatic rings. The monoisotopic (exact) mass is 337 g/mol. The molecule has 1 aromatic carbocycles. The van der Waals surface area contributed by atoms with E-state index in [1.54, 1.807) is 12.5 Å². The van der Waals surface area contributed by atoms with Crippen LogP contribution in [0.2, 0.25) is 0 Å². The minimum absolute atomic E-state index is 0.253. The lowest BCUT2D eigenvalue weighted by Gasteiger charge is -2.31. The quantitative estimate of drug-likeness (QED) is 0.703. The van der Waals surface area contributed by atoms with Crippen molar-refractivity contribution in [1.82, 2.24) is 9.55 Å². The second-order valence-corrected chi connectivity index (χ2v) is 7.22. The first-order chi connectivity index (χ1) is 12.4. The average Bonchev–Trinajstić information content (AvgIpc) is 3.12. The molecule has 1 aliphatic carbocycles. The zero-order chi connectivity index (χ0) is 16.6. The lowest BCUT2D eigenvalue weighted by molar-refractivity contribution is 0.171. The van der Waals surface area contributed by atoms with Gasteiger partial charge in [0.1, 0.15) is 18.1 Å². The van der Waals surface area contributed by atoms with Gasteiger partial charge in [0.05, 0.1) is 11.7 Å². The van der Waals surface area contributed by atoms with Gasteiger partial charge >= 0.3 is 0 Å². The maximum absolute atomic E-state index is 6.38. The number of oxazole rings is 1. The number of ether oxygens (including phenoxy) is 1. The highest BCUT2D eigenvalue weighted by atomic mass is 16.5. The van der Waals surface area contributed by atoms with Crippen molar-refractivity contribution in [2.45, 2.75) is 38.3 Å². The Kier molecular flexibility index (Phi) is 3.65. The largest absolute Gasteiger partial charge is 0.490 e. The molecule has 5 heteroatoms. The normalized spacial score (nSPS) is 18.8. The summed E-state index contributed by atoms with van der Waals surface area (Å²) in [7, 11) is 0. The van der Waals surface area contributed by atoms with E-state index in [9.17, 15) is 0 Å². The summed E-state index contributed by atoms with van der Waals surface area (Å²) in [5.74, 6) is 1.89. The molecule has 3 aromatic rings. The molecule has 0 bridgehead atoms. The molecule has 0 spiro atoms. The lowest BCUT2D eigenvalue weighted by atomic mass is 10.1. The number of hydrogen-bond acceptors (Lipinski definition) is 4. The van der Waals surface area contributed by atoms with Crippen LogP contribution in [0.5, 0.6) is 5.75 Å². The van der Waals surface area contributed by atoms with E-state index in [1.807, 2.05) is 0 Å². The Morgan fingerprint density at radius 1 is 1.12 bits per heavy atom. The van der Waals surface area contributed by atoms with Gasteiger partial charge in [0.25, 0.3) is 6.01 Å². The molecule has 1 saturated carbocycles. The molecule has 0 N–H and O–H groups in total. The van der Waals surface area contributed by atoms with Gasteiger partial charge in [-0.3, -0.25) is 0 Å². The summed E-state index contributed by atoms with van der Waals surface area (Å²) in [6.45, 7) is 2.98. The first-order valence-electron chi connectivity index (χ1n) is 9.26. The fourth-order valence-electron chi connectivity index (χ4n) is 3.75. The van der Waals surface area contributed by atoms with Crippen LogP contribution in [0.4, 0.5) is 6.01 Å². The fraction of sp³-hybridized carbons (Fsp3) is 0.450. The van der Waals surface area contributed by atoms with Crippen molar-refractivity contribution in [3.63, 3.8) is 0 Å². The summed E-state index contributed by atoms with van der Waals surface area (Å²) >= 11 is 0. The fourth-order valence-corrected chi connectivity index (χ4v) is 3.75. The Balaban J connectivity index is 1.29. The minimum Gasteiger partial charge on any atom is -0.490 e. The Bertz CT molecular complexity index is 843. The minimum atomic E-state index is 0.253. The molecule has 5 nitrogen and oxygen atoms in total. The Hall–Kier alpha value is -2.43. The molecular formula is C20H23N3O2. The summed E-state index contributed by atoms with van der Waals surface area (Å²) in [6, 6.07) is 9.34. The lowest BCUT2D eigenvalue weighted by Crippen LogP contribution is -2.38. The second kappa shape index (κ2) is 6.14. The summed E-state index contributed by atoms with van der Waals surface area (Å²) in [5, 5.41) is 1.23. The van der Waals surface area contributed by atoms with Gasteiger partial charge in [-0.15, -0.1) is 0 Å². The van der Waals surface area contributed by atoms with Gasteiger partial charge in [-0.05, 0) is 37.0 Å². The molecule has 0 unspecified atom stereocenters. The highest BCUT2D eigenvalue weighted by molar-refractivity contribution is 5.86. The number of nitrogens with zero attached hydrogens (tertiary/aromatic N) is 3. The second-order valence-electron chi connectivity index (χ2n) is 7.22. The molecule has 0 radical (unpaired) electrons. The van der Waals surface area contributed by atoms with E-state index in [4.69, 9.17) is 9.15 Å². The van der Waals surface area contributed by atoms with Gasteiger partial charge in [0, 0.05) is 44.1 Å². The third kappa shape index (κ3) is 2.99. The number of benzene rings is 1. The SMILES string of the molecule is c1cc(OC2CCN(c3ncco3)CC2)c2ccn(CC3CC3)c2c1. The molecule has 25 heavy (non-hydrogen) atoms. The zero-order valence-electron chi connectivity index (χ0n) is 14.3. The summed E-state index contributed by atoms with van der Waals surface area (Å²) in [4.78, 5) is 6.42. The molecule has 0 amide bonds. The van der Waals surface area contributed by atoms with Crippen LogP contribution >= 0.6 is 0 Å². The molecule has 5 rings (SSSR count). The Morgan fingerprint density at radius 2 is 2.00 bits per heavy atom. The topological polar surface area (TPSA) is 43.4 Å². The molecular weight excluding hydrogens is 314 g/mol. The highest BCUT2D eigenvalue weighted by Gasteiger charge is 2.24. The van der Waals surface area contributed by atoms with Gasteiger partial charge in [0.15, 0.2) is 0 Å². The molecule has 1 saturated heterocycles. The van der Waals surface area contributed by atoms with Crippen molar-refractivity contribution in [2.75, 3.05) is 18.0 Å². The zero-order valence-corrected chi connectivity index (χ0v) is 14.3. The number of hydrogen-bond donors (Lipinski definition) is 0. The molecule has 0 atom stereocenters. The molecule has 3 heterocycles. The van der Waals surface area contributed by atoms with Crippen LogP contribution in [0.25, 0.3) is 10.9 Å². The van der Waals surface area contributed by atoms with Crippen LogP contribution in [0.15, 0.2) is 47.3 Å². The van der Waals surface area contributed by atoms with Crippen molar-refractivity contribution in [1.29, 1.82) is 0 Å².